The van der Waals surface area contributed by atoms with E-state index >= 15 is 0 Å². The lowest BCUT2D eigenvalue weighted by Gasteiger charge is -1.87. The highest BCUT2D eigenvalue weighted by molar-refractivity contribution is 5.28. The fraction of sp³-hybridized carbons (Fsp3) is 0.222. The van der Waals surface area contributed by atoms with Crippen molar-refractivity contribution in [2.45, 2.75) is 27.7 Å². The van der Waals surface area contributed by atoms with E-state index in [1.165, 1.54) is 11.1 Å². The molecule has 0 aliphatic rings. The van der Waals surface area contributed by atoms with Gasteiger partial charge in [-0.05, 0) is 39.8 Å². The molecule has 0 spiro atoms. The first-order chi connectivity index (χ1) is 8.70. The summed E-state index contributed by atoms with van der Waals surface area (Å²) < 4.78 is 0. The van der Waals surface area contributed by atoms with Gasteiger partial charge in [-0.2, -0.15) is 0 Å². The predicted molar refractivity (Wildman–Crippen MR) is 81.9 cm³/mol. The van der Waals surface area contributed by atoms with E-state index < -0.39 is 0 Å². The van der Waals surface area contributed by atoms with Crippen LogP contribution in [0.3, 0.4) is 0 Å². The molecule has 0 N–H and O–H groups in total. The van der Waals surface area contributed by atoms with Gasteiger partial charge >= 0.3 is 0 Å². The van der Waals surface area contributed by atoms with E-state index in [0.717, 1.165) is 0 Å². The van der Waals surface area contributed by atoms with Crippen molar-refractivity contribution in [1.29, 1.82) is 0 Å². The molecular formula is C18H22. The largest absolute Gasteiger partial charge is 0.0620 e. The molecular weight excluding hydrogens is 216 g/mol. The molecule has 0 nitrogen and oxygen atoms in total. The third kappa shape index (κ3) is 10.7. The van der Waals surface area contributed by atoms with E-state index in [-0.39, 0.29) is 0 Å². The molecule has 0 aromatic heterocycles. The van der Waals surface area contributed by atoms with Crippen LogP contribution in [0.4, 0.5) is 0 Å². The molecule has 0 saturated carbocycles. The lowest BCUT2D eigenvalue weighted by Crippen LogP contribution is -1.67. The molecule has 94 valence electrons. The fourth-order valence-electron chi connectivity index (χ4n) is 1.12. The number of hydrogen-bond acceptors (Lipinski definition) is 0. The van der Waals surface area contributed by atoms with Crippen LogP contribution in [0.25, 0.3) is 0 Å². The molecule has 0 bridgehead atoms. The van der Waals surface area contributed by atoms with Gasteiger partial charge in [-0.15, -0.1) is 0 Å². The van der Waals surface area contributed by atoms with Crippen LogP contribution in [-0.4, -0.2) is 0 Å². The molecule has 0 fully saturated rings. The second-order valence-electron chi connectivity index (χ2n) is 3.84. The Morgan fingerprint density at radius 3 is 1.39 bits per heavy atom. The molecule has 18 heavy (non-hydrogen) atoms. The average Bonchev–Trinajstić information content (AvgIpc) is 2.35. The summed E-state index contributed by atoms with van der Waals surface area (Å²) in [5.41, 5.74) is 2.42. The zero-order chi connectivity index (χ0) is 13.6. The van der Waals surface area contributed by atoms with Gasteiger partial charge in [-0.1, -0.05) is 71.9 Å². The first-order valence-corrected chi connectivity index (χ1v) is 6.07. The Hall–Kier alpha value is -1.82. The van der Waals surface area contributed by atoms with Crippen LogP contribution in [0.1, 0.15) is 27.7 Å². The highest BCUT2D eigenvalue weighted by atomic mass is 13.8. The standard InChI is InChI=1S/C18H22/c1-5-7-9-13-17(3)15-11-12-16-18(4)14-10-8-6-2/h7-16H,1-4H3. The average molecular weight is 238 g/mol. The van der Waals surface area contributed by atoms with E-state index in [1.807, 2.05) is 50.3 Å². The molecule has 0 rings (SSSR count). The monoisotopic (exact) mass is 238 g/mol. The van der Waals surface area contributed by atoms with Crippen molar-refractivity contribution in [3.63, 3.8) is 0 Å². The van der Waals surface area contributed by atoms with Gasteiger partial charge in [0.2, 0.25) is 0 Å². The second kappa shape index (κ2) is 11.7. The maximum absolute atomic E-state index is 2.95. The third-order valence-corrected chi connectivity index (χ3v) is 2.07. The normalized spacial score (nSPS) is 15.3. The minimum atomic E-state index is 1.21. The fourth-order valence-corrected chi connectivity index (χ4v) is 1.12. The van der Waals surface area contributed by atoms with Gasteiger partial charge in [-0.3, -0.25) is 0 Å². The molecule has 0 unspecified atom stereocenters. The summed E-state index contributed by atoms with van der Waals surface area (Å²) in [5.74, 6) is 0. The van der Waals surface area contributed by atoms with E-state index in [2.05, 4.69) is 50.3 Å². The topological polar surface area (TPSA) is 0 Å². The van der Waals surface area contributed by atoms with Crippen LogP contribution in [0, 0.1) is 12.2 Å². The molecule has 0 aromatic carbocycles. The van der Waals surface area contributed by atoms with Gasteiger partial charge in [0.05, 0.1) is 0 Å². The molecule has 0 aromatic rings. The van der Waals surface area contributed by atoms with Gasteiger partial charge in [-0.25, -0.2) is 0 Å². The molecule has 0 heteroatoms. The molecule has 0 aliphatic carbocycles. The van der Waals surface area contributed by atoms with E-state index in [9.17, 15) is 0 Å². The number of allylic oxidation sites excluding steroid dienone is 14. The minimum Gasteiger partial charge on any atom is -0.0620 e. The Bertz CT molecular complexity index is 367. The lowest BCUT2D eigenvalue weighted by atomic mass is 10.2. The van der Waals surface area contributed by atoms with Gasteiger partial charge in [0.15, 0.2) is 0 Å². The second-order valence-corrected chi connectivity index (χ2v) is 3.84. The van der Waals surface area contributed by atoms with Crippen molar-refractivity contribution >= 4 is 0 Å². The van der Waals surface area contributed by atoms with Crippen molar-refractivity contribution in [1.82, 2.24) is 0 Å². The van der Waals surface area contributed by atoms with E-state index in [1.54, 1.807) is 0 Å². The Labute approximate surface area is 112 Å². The highest BCUT2D eigenvalue weighted by Gasteiger charge is 1.78. The van der Waals surface area contributed by atoms with Crippen molar-refractivity contribution in [3.05, 3.63) is 84.1 Å². The van der Waals surface area contributed by atoms with Crippen LogP contribution < -0.4 is 0 Å². The predicted octanol–water partition coefficient (Wildman–Crippen LogP) is 5.31. The first-order valence-electron chi connectivity index (χ1n) is 6.07. The van der Waals surface area contributed by atoms with Gasteiger partial charge in [0.25, 0.3) is 0 Å². The highest BCUT2D eigenvalue weighted by Crippen LogP contribution is 1.98. The maximum atomic E-state index is 2.95. The van der Waals surface area contributed by atoms with Gasteiger partial charge in [0.1, 0.15) is 0 Å². The summed E-state index contributed by atoms with van der Waals surface area (Å²) in [6, 6.07) is 0. The van der Waals surface area contributed by atoms with Crippen LogP contribution in [0.5, 0.6) is 0 Å². The first kappa shape index (κ1) is 16.2. The summed E-state index contributed by atoms with van der Waals surface area (Å²) in [6.45, 7) is 7.91. The van der Waals surface area contributed by atoms with Crippen molar-refractivity contribution in [2.24, 2.45) is 0 Å². The minimum absolute atomic E-state index is 1.21. The summed E-state index contributed by atoms with van der Waals surface area (Å²) in [5, 5.41) is 0. The Kier molecular flexibility index (Phi) is 10.5. The van der Waals surface area contributed by atoms with Crippen LogP contribution >= 0.6 is 0 Å². The summed E-state index contributed by atoms with van der Waals surface area (Å²) in [4.78, 5) is 0. The van der Waals surface area contributed by atoms with Crippen LogP contribution in [-0.2, 0) is 0 Å². The molecule has 0 saturated heterocycles. The lowest BCUT2D eigenvalue weighted by molar-refractivity contribution is 1.50. The third-order valence-electron chi connectivity index (χ3n) is 2.07. The molecule has 0 heterocycles. The van der Waals surface area contributed by atoms with Crippen LogP contribution in [0.15, 0.2) is 71.9 Å². The van der Waals surface area contributed by atoms with E-state index in [4.69, 9.17) is 0 Å². The Morgan fingerprint density at radius 2 is 1.06 bits per heavy atom. The Balaban J connectivity index is 4.31. The van der Waals surface area contributed by atoms with Crippen molar-refractivity contribution in [3.8, 4) is 0 Å². The Morgan fingerprint density at radius 1 is 0.667 bits per heavy atom. The summed E-state index contributed by atoms with van der Waals surface area (Å²) in [6.07, 6.45) is 26.0. The maximum Gasteiger partial charge on any atom is -0.0395 e. The summed E-state index contributed by atoms with van der Waals surface area (Å²) >= 11 is 0. The van der Waals surface area contributed by atoms with E-state index in [0.29, 0.717) is 0 Å². The van der Waals surface area contributed by atoms with Crippen molar-refractivity contribution in [2.75, 3.05) is 0 Å². The molecule has 0 aliphatic heterocycles. The smallest absolute Gasteiger partial charge is 0.0395 e. The quantitative estimate of drug-likeness (QED) is 0.550. The zero-order valence-electron chi connectivity index (χ0n) is 11.8. The van der Waals surface area contributed by atoms with Gasteiger partial charge < -0.3 is 0 Å². The zero-order valence-corrected chi connectivity index (χ0v) is 11.8. The molecule has 0 atom stereocenters. The number of rotatable bonds is 6. The van der Waals surface area contributed by atoms with Gasteiger partial charge in [0, 0.05) is 0 Å². The SMILES string of the molecule is C/[C]=C/C=CC(C)=CC=CC=C(C)C=C/C=[C]/C. The summed E-state index contributed by atoms with van der Waals surface area (Å²) in [7, 11) is 0. The van der Waals surface area contributed by atoms with Crippen molar-refractivity contribution < 1.29 is 0 Å². The molecule has 0 amide bonds. The number of hydrogen-bond donors (Lipinski definition) is 0. The molecule has 2 radical (unpaired) electrons. The van der Waals surface area contributed by atoms with Crippen LogP contribution in [0.2, 0.25) is 0 Å².